The lowest BCUT2D eigenvalue weighted by Crippen LogP contribution is -2.40. The fourth-order valence-corrected chi connectivity index (χ4v) is 3.04. The molecule has 2 unspecified atom stereocenters. The Balaban J connectivity index is 1.98. The van der Waals surface area contributed by atoms with Crippen LogP contribution in [0.4, 0.5) is 0 Å². The number of amides is 1. The van der Waals surface area contributed by atoms with E-state index in [4.69, 9.17) is 10.5 Å². The van der Waals surface area contributed by atoms with Crippen LogP contribution in [0.25, 0.3) is 0 Å². The summed E-state index contributed by atoms with van der Waals surface area (Å²) in [4.78, 5) is 13.0. The van der Waals surface area contributed by atoms with Gasteiger partial charge in [-0.25, -0.2) is 0 Å². The maximum absolute atomic E-state index is 12.1. The maximum atomic E-state index is 12.1. The van der Waals surface area contributed by atoms with Crippen LogP contribution in [-0.2, 0) is 4.74 Å². The molecule has 19 heavy (non-hydrogen) atoms. The van der Waals surface area contributed by atoms with Crippen LogP contribution in [0.2, 0.25) is 0 Å². The second-order valence-corrected chi connectivity index (χ2v) is 5.40. The number of ether oxygens (including phenoxy) is 1. The van der Waals surface area contributed by atoms with Crippen molar-refractivity contribution in [2.24, 2.45) is 5.73 Å². The average Bonchev–Trinajstić information content (AvgIpc) is 3.04. The minimum atomic E-state index is -0.0500. The molecule has 1 amide bonds. The van der Waals surface area contributed by atoms with E-state index in [0.29, 0.717) is 12.1 Å². The highest BCUT2D eigenvalue weighted by Crippen LogP contribution is 2.22. The first-order valence-corrected chi connectivity index (χ1v) is 7.23. The normalized spacial score (nSPS) is 21.8. The van der Waals surface area contributed by atoms with Gasteiger partial charge in [-0.3, -0.25) is 4.79 Å². The van der Waals surface area contributed by atoms with E-state index in [9.17, 15) is 4.79 Å². The van der Waals surface area contributed by atoms with Crippen molar-refractivity contribution < 1.29 is 9.53 Å². The van der Waals surface area contributed by atoms with E-state index in [1.54, 1.807) is 13.2 Å². The second kappa shape index (κ2) is 6.71. The number of methoxy groups -OCH3 is 1. The van der Waals surface area contributed by atoms with Crippen molar-refractivity contribution in [1.29, 1.82) is 0 Å². The quantitative estimate of drug-likeness (QED) is 0.820. The Morgan fingerprint density at radius 2 is 2.47 bits per heavy atom. The van der Waals surface area contributed by atoms with Gasteiger partial charge in [0.15, 0.2) is 0 Å². The molecule has 0 aliphatic heterocycles. The molecule has 2 atom stereocenters. The van der Waals surface area contributed by atoms with Crippen molar-refractivity contribution in [3.05, 3.63) is 21.9 Å². The van der Waals surface area contributed by atoms with Crippen LogP contribution in [-0.4, -0.2) is 31.7 Å². The van der Waals surface area contributed by atoms with Gasteiger partial charge in [-0.15, -0.1) is 11.3 Å². The molecule has 0 spiro atoms. The molecule has 102 valence electrons. The lowest BCUT2D eigenvalue weighted by atomic mass is 10.2. The standard InChI is InChI=1S/C14H18N2O2S/c1-18-13-6-2-5-12(13)16-14(17)10-8-11(19-9-10)4-3-7-15/h8-9,12-13H,2,5-7,15H2,1H3,(H,16,17). The van der Waals surface area contributed by atoms with Crippen LogP contribution >= 0.6 is 11.3 Å². The Hall–Kier alpha value is -1.35. The highest BCUT2D eigenvalue weighted by atomic mass is 32.1. The summed E-state index contributed by atoms with van der Waals surface area (Å²) in [5, 5.41) is 4.86. The predicted octanol–water partition coefficient (Wildman–Crippen LogP) is 1.36. The molecule has 2 rings (SSSR count). The van der Waals surface area contributed by atoms with Crippen molar-refractivity contribution in [2.75, 3.05) is 13.7 Å². The molecular formula is C14H18N2O2S. The molecule has 0 aromatic carbocycles. The van der Waals surface area contributed by atoms with Crippen molar-refractivity contribution in [3.8, 4) is 11.8 Å². The maximum Gasteiger partial charge on any atom is 0.252 e. The Morgan fingerprint density at radius 1 is 1.63 bits per heavy atom. The van der Waals surface area contributed by atoms with E-state index in [2.05, 4.69) is 17.2 Å². The fraction of sp³-hybridized carbons (Fsp3) is 0.500. The van der Waals surface area contributed by atoms with Gasteiger partial charge >= 0.3 is 0 Å². The first-order valence-electron chi connectivity index (χ1n) is 6.35. The summed E-state index contributed by atoms with van der Waals surface area (Å²) >= 11 is 1.46. The lowest BCUT2D eigenvalue weighted by Gasteiger charge is -2.19. The zero-order chi connectivity index (χ0) is 13.7. The minimum absolute atomic E-state index is 0.0500. The first-order chi connectivity index (χ1) is 9.24. The number of carbonyl (C=O) groups excluding carboxylic acids is 1. The highest BCUT2D eigenvalue weighted by molar-refractivity contribution is 7.10. The summed E-state index contributed by atoms with van der Waals surface area (Å²) in [7, 11) is 1.69. The molecule has 1 aliphatic carbocycles. The van der Waals surface area contributed by atoms with Crippen molar-refractivity contribution in [1.82, 2.24) is 5.32 Å². The van der Waals surface area contributed by atoms with E-state index in [-0.39, 0.29) is 18.1 Å². The van der Waals surface area contributed by atoms with Crippen LogP contribution in [0.1, 0.15) is 34.5 Å². The summed E-state index contributed by atoms with van der Waals surface area (Å²) in [5.74, 6) is 5.66. The Bertz CT molecular complexity index is 501. The van der Waals surface area contributed by atoms with E-state index in [1.165, 1.54) is 11.3 Å². The van der Waals surface area contributed by atoms with Gasteiger partial charge in [-0.1, -0.05) is 11.8 Å². The van der Waals surface area contributed by atoms with Gasteiger partial charge in [0.2, 0.25) is 0 Å². The van der Waals surface area contributed by atoms with Gasteiger partial charge in [0.1, 0.15) is 0 Å². The minimum Gasteiger partial charge on any atom is -0.379 e. The number of hydrogen-bond donors (Lipinski definition) is 2. The summed E-state index contributed by atoms with van der Waals surface area (Å²) in [6, 6.07) is 1.93. The number of hydrogen-bond acceptors (Lipinski definition) is 4. The zero-order valence-corrected chi connectivity index (χ0v) is 11.8. The molecule has 1 heterocycles. The Morgan fingerprint density at radius 3 is 3.21 bits per heavy atom. The van der Waals surface area contributed by atoms with Gasteiger partial charge in [0, 0.05) is 12.5 Å². The number of thiophene rings is 1. The average molecular weight is 278 g/mol. The molecule has 0 saturated heterocycles. The van der Waals surface area contributed by atoms with E-state index in [1.807, 2.05) is 5.38 Å². The van der Waals surface area contributed by atoms with E-state index in [0.717, 1.165) is 24.1 Å². The molecule has 1 saturated carbocycles. The molecule has 0 radical (unpaired) electrons. The smallest absolute Gasteiger partial charge is 0.252 e. The van der Waals surface area contributed by atoms with Gasteiger partial charge in [0.05, 0.1) is 29.1 Å². The van der Waals surface area contributed by atoms with Crippen LogP contribution in [0.15, 0.2) is 11.4 Å². The third-order valence-corrected chi connectivity index (χ3v) is 4.09. The molecule has 3 N–H and O–H groups in total. The van der Waals surface area contributed by atoms with E-state index >= 15 is 0 Å². The van der Waals surface area contributed by atoms with Crippen LogP contribution < -0.4 is 11.1 Å². The largest absolute Gasteiger partial charge is 0.379 e. The van der Waals surface area contributed by atoms with Gasteiger partial charge < -0.3 is 15.8 Å². The zero-order valence-electron chi connectivity index (χ0n) is 10.9. The van der Waals surface area contributed by atoms with Crippen LogP contribution in [0, 0.1) is 11.8 Å². The monoisotopic (exact) mass is 278 g/mol. The van der Waals surface area contributed by atoms with Gasteiger partial charge in [-0.05, 0) is 25.3 Å². The summed E-state index contributed by atoms with van der Waals surface area (Å²) in [5.41, 5.74) is 5.98. The first kappa shape index (κ1) is 14.1. The SMILES string of the molecule is COC1CCCC1NC(=O)c1csc(C#CCN)c1. The summed E-state index contributed by atoms with van der Waals surface area (Å²) in [6.45, 7) is 0.330. The number of nitrogens with one attached hydrogen (secondary N) is 1. The van der Waals surface area contributed by atoms with Crippen molar-refractivity contribution in [3.63, 3.8) is 0 Å². The number of nitrogens with two attached hydrogens (primary N) is 1. The lowest BCUT2D eigenvalue weighted by molar-refractivity contribution is 0.0722. The molecule has 1 aliphatic rings. The third-order valence-electron chi connectivity index (χ3n) is 3.25. The molecule has 0 bridgehead atoms. The van der Waals surface area contributed by atoms with Crippen molar-refractivity contribution >= 4 is 17.2 Å². The predicted molar refractivity (Wildman–Crippen MR) is 76.2 cm³/mol. The highest BCUT2D eigenvalue weighted by Gasteiger charge is 2.28. The Labute approximate surface area is 117 Å². The van der Waals surface area contributed by atoms with Gasteiger partial charge in [0.25, 0.3) is 5.91 Å². The number of rotatable bonds is 3. The van der Waals surface area contributed by atoms with E-state index < -0.39 is 0 Å². The number of carbonyl (C=O) groups is 1. The molecular weight excluding hydrogens is 260 g/mol. The second-order valence-electron chi connectivity index (χ2n) is 4.49. The molecule has 1 aromatic rings. The topological polar surface area (TPSA) is 64.3 Å². The van der Waals surface area contributed by atoms with Crippen molar-refractivity contribution in [2.45, 2.75) is 31.4 Å². The summed E-state index contributed by atoms with van der Waals surface area (Å²) < 4.78 is 5.37. The molecule has 1 aromatic heterocycles. The summed E-state index contributed by atoms with van der Waals surface area (Å²) in [6.07, 6.45) is 3.23. The third kappa shape index (κ3) is 3.57. The van der Waals surface area contributed by atoms with Crippen LogP contribution in [0.3, 0.4) is 0 Å². The van der Waals surface area contributed by atoms with Gasteiger partial charge in [-0.2, -0.15) is 0 Å². The fourth-order valence-electron chi connectivity index (χ4n) is 2.28. The molecule has 1 fully saturated rings. The molecule has 5 heteroatoms. The Kier molecular flexibility index (Phi) is 4.97. The van der Waals surface area contributed by atoms with Crippen LogP contribution in [0.5, 0.6) is 0 Å². The molecule has 4 nitrogen and oxygen atoms in total.